The van der Waals surface area contributed by atoms with Crippen LogP contribution in [-0.4, -0.2) is 23.9 Å². The van der Waals surface area contributed by atoms with Gasteiger partial charge in [-0.15, -0.1) is 23.1 Å². The van der Waals surface area contributed by atoms with Crippen molar-refractivity contribution in [2.75, 3.05) is 17.7 Å². The van der Waals surface area contributed by atoms with Gasteiger partial charge < -0.3 is 15.4 Å². The Morgan fingerprint density at radius 1 is 0.902 bits per heavy atom. The quantitative estimate of drug-likeness (QED) is 0.161. The smallest absolute Gasteiger partial charge is 0.257 e. The molecule has 4 aromatic carbocycles. The average molecular weight is 621 g/mol. The number of thioether (sulfide) groups is 1. The van der Waals surface area contributed by atoms with E-state index in [9.17, 15) is 9.59 Å². The number of amides is 2. The van der Waals surface area contributed by atoms with Gasteiger partial charge in [0.15, 0.2) is 5.13 Å². The molecule has 2 amide bonds. The lowest BCUT2D eigenvalue weighted by molar-refractivity contribution is -0.115. The van der Waals surface area contributed by atoms with Crippen LogP contribution in [0.15, 0.2) is 107 Å². The summed E-state index contributed by atoms with van der Waals surface area (Å²) in [5.74, 6) is 0.160. The second kappa shape index (κ2) is 13.2. The number of benzene rings is 4. The molecule has 0 saturated heterocycles. The van der Waals surface area contributed by atoms with Crippen LogP contribution >= 0.6 is 46.3 Å². The number of anilines is 2. The molecule has 5 aromatic rings. The van der Waals surface area contributed by atoms with Gasteiger partial charge in [-0.25, -0.2) is 4.98 Å². The van der Waals surface area contributed by atoms with E-state index in [4.69, 9.17) is 27.9 Å². The molecule has 0 aliphatic rings. The molecule has 0 aliphatic heterocycles. The molecule has 0 saturated carbocycles. The van der Waals surface area contributed by atoms with Crippen molar-refractivity contribution in [1.29, 1.82) is 0 Å². The van der Waals surface area contributed by atoms with Crippen molar-refractivity contribution in [1.82, 2.24) is 4.98 Å². The first kappa shape index (κ1) is 28.7. The molecule has 6 nitrogen and oxygen atoms in total. The topological polar surface area (TPSA) is 80.3 Å². The molecule has 1 aromatic heterocycles. The van der Waals surface area contributed by atoms with Gasteiger partial charge >= 0.3 is 0 Å². The van der Waals surface area contributed by atoms with Gasteiger partial charge in [-0.2, -0.15) is 0 Å². The van der Waals surface area contributed by atoms with Crippen molar-refractivity contribution in [3.63, 3.8) is 0 Å². The van der Waals surface area contributed by atoms with Crippen LogP contribution in [0.4, 0.5) is 10.8 Å². The van der Waals surface area contributed by atoms with Crippen molar-refractivity contribution >= 4 is 68.9 Å². The van der Waals surface area contributed by atoms with E-state index in [2.05, 4.69) is 15.6 Å². The summed E-state index contributed by atoms with van der Waals surface area (Å²) in [5, 5.41) is 8.38. The Hall–Kier alpha value is -3.82. The van der Waals surface area contributed by atoms with Crippen molar-refractivity contribution in [2.24, 2.45) is 0 Å². The Kier molecular flexibility index (Phi) is 9.26. The summed E-state index contributed by atoms with van der Waals surface area (Å²) in [6, 6.07) is 29.1. The van der Waals surface area contributed by atoms with E-state index in [1.165, 1.54) is 29.2 Å². The number of thiazole rings is 1. The largest absolute Gasteiger partial charge is 0.497 e. The number of nitrogens with one attached hydrogen (secondary N) is 2. The summed E-state index contributed by atoms with van der Waals surface area (Å²) in [7, 11) is 1.62. The first-order chi connectivity index (χ1) is 19.9. The lowest BCUT2D eigenvalue weighted by atomic mass is 10.1. The molecule has 41 heavy (non-hydrogen) atoms. The van der Waals surface area contributed by atoms with Gasteiger partial charge in [-0.1, -0.05) is 71.7 Å². The normalized spacial score (nSPS) is 11.5. The van der Waals surface area contributed by atoms with E-state index in [1.54, 1.807) is 25.3 Å². The van der Waals surface area contributed by atoms with E-state index in [0.717, 1.165) is 27.5 Å². The van der Waals surface area contributed by atoms with E-state index in [1.807, 2.05) is 78.2 Å². The predicted octanol–water partition coefficient (Wildman–Crippen LogP) is 8.85. The highest BCUT2D eigenvalue weighted by molar-refractivity contribution is 8.00. The standard InChI is InChI=1S/C31H23Cl2N3O3S2/c1-39-23-11-5-9-20(15-23)27-18-40-31(35-27)36-30(38)28(19-7-3-2-4-8-19)41-24-12-6-10-22(17-24)34-29(37)25-14-13-21(32)16-26(25)33/h2-18,28H,1H3,(H,34,37)(H,35,36,38). The first-order valence-corrected chi connectivity index (χ1v) is 14.9. The molecule has 0 fully saturated rings. The van der Waals surface area contributed by atoms with E-state index in [-0.39, 0.29) is 16.8 Å². The number of carbonyl (C=O) groups excluding carboxylic acids is 2. The monoisotopic (exact) mass is 619 g/mol. The summed E-state index contributed by atoms with van der Waals surface area (Å²) in [6.45, 7) is 0. The Morgan fingerprint density at radius 2 is 1.71 bits per heavy atom. The first-order valence-electron chi connectivity index (χ1n) is 12.4. The zero-order chi connectivity index (χ0) is 28.8. The van der Waals surface area contributed by atoms with Crippen LogP contribution < -0.4 is 15.4 Å². The number of hydrogen-bond acceptors (Lipinski definition) is 6. The molecule has 10 heteroatoms. The summed E-state index contributed by atoms with van der Waals surface area (Å²) in [4.78, 5) is 31.8. The van der Waals surface area contributed by atoms with Crippen molar-refractivity contribution in [2.45, 2.75) is 10.1 Å². The third-order valence-electron chi connectivity index (χ3n) is 5.96. The average Bonchev–Trinajstić information content (AvgIpc) is 3.45. The fourth-order valence-corrected chi connectivity index (χ4v) is 6.27. The van der Waals surface area contributed by atoms with Gasteiger partial charge in [0, 0.05) is 26.5 Å². The number of carbonyl (C=O) groups is 2. The highest BCUT2D eigenvalue weighted by Gasteiger charge is 2.24. The summed E-state index contributed by atoms with van der Waals surface area (Å²) in [5.41, 5.74) is 3.36. The Balaban J connectivity index is 1.34. The Labute approximate surface area is 255 Å². The molecule has 5 rings (SSSR count). The predicted molar refractivity (Wildman–Crippen MR) is 169 cm³/mol. The fraction of sp³-hybridized carbons (Fsp3) is 0.0645. The second-order valence-electron chi connectivity index (χ2n) is 8.77. The minimum atomic E-state index is -0.572. The third-order valence-corrected chi connectivity index (χ3v) is 8.52. The number of methoxy groups -OCH3 is 1. The van der Waals surface area contributed by atoms with E-state index >= 15 is 0 Å². The molecule has 1 atom stereocenters. The van der Waals surface area contributed by atoms with Crippen LogP contribution in [0.5, 0.6) is 5.75 Å². The fourth-order valence-electron chi connectivity index (χ4n) is 3.97. The number of aromatic nitrogens is 1. The van der Waals surface area contributed by atoms with Crippen molar-refractivity contribution in [3.05, 3.63) is 124 Å². The summed E-state index contributed by atoms with van der Waals surface area (Å²) < 4.78 is 5.32. The maximum Gasteiger partial charge on any atom is 0.257 e. The van der Waals surface area contributed by atoms with Gasteiger partial charge in [-0.05, 0) is 54.1 Å². The van der Waals surface area contributed by atoms with Crippen molar-refractivity contribution in [3.8, 4) is 17.0 Å². The minimum absolute atomic E-state index is 0.213. The molecular weight excluding hydrogens is 597 g/mol. The van der Waals surface area contributed by atoms with Crippen molar-refractivity contribution < 1.29 is 14.3 Å². The van der Waals surface area contributed by atoms with Crippen LogP contribution in [0, 0.1) is 0 Å². The van der Waals surface area contributed by atoms with E-state index in [0.29, 0.717) is 21.4 Å². The summed E-state index contributed by atoms with van der Waals surface area (Å²) >= 11 is 14.9. The molecule has 1 unspecified atom stereocenters. The SMILES string of the molecule is COc1cccc(-c2csc(NC(=O)C(Sc3cccc(NC(=O)c4ccc(Cl)cc4Cl)c3)c3ccccc3)n2)c1. The molecular formula is C31H23Cl2N3O3S2. The lowest BCUT2D eigenvalue weighted by Crippen LogP contribution is -2.19. The second-order valence-corrected chi connectivity index (χ2v) is 11.7. The number of halogens is 2. The van der Waals surface area contributed by atoms with Gasteiger partial charge in [0.1, 0.15) is 11.0 Å². The zero-order valence-electron chi connectivity index (χ0n) is 21.6. The van der Waals surface area contributed by atoms with Gasteiger partial charge in [0.25, 0.3) is 5.91 Å². The molecule has 0 aliphatic carbocycles. The minimum Gasteiger partial charge on any atom is -0.497 e. The highest BCUT2D eigenvalue weighted by atomic mass is 35.5. The Morgan fingerprint density at radius 3 is 2.49 bits per heavy atom. The number of nitrogens with zero attached hydrogens (tertiary/aromatic N) is 1. The highest BCUT2D eigenvalue weighted by Crippen LogP contribution is 2.38. The molecule has 1 heterocycles. The lowest BCUT2D eigenvalue weighted by Gasteiger charge is -2.17. The molecule has 0 radical (unpaired) electrons. The molecule has 0 bridgehead atoms. The van der Waals surface area contributed by atoms with Crippen LogP contribution in [0.3, 0.4) is 0 Å². The molecule has 206 valence electrons. The van der Waals surface area contributed by atoms with E-state index < -0.39 is 5.25 Å². The maximum atomic E-state index is 13.6. The van der Waals surface area contributed by atoms with Gasteiger partial charge in [0.05, 0.1) is 23.4 Å². The number of rotatable bonds is 9. The van der Waals surface area contributed by atoms with Gasteiger partial charge in [-0.3, -0.25) is 9.59 Å². The third kappa shape index (κ3) is 7.28. The van der Waals surface area contributed by atoms with Gasteiger partial charge in [0.2, 0.25) is 5.91 Å². The zero-order valence-corrected chi connectivity index (χ0v) is 24.8. The number of hydrogen-bond donors (Lipinski definition) is 2. The van der Waals surface area contributed by atoms with Crippen LogP contribution in [0.25, 0.3) is 11.3 Å². The van der Waals surface area contributed by atoms with Crippen LogP contribution in [0.1, 0.15) is 21.2 Å². The Bertz CT molecular complexity index is 1700. The maximum absolute atomic E-state index is 13.6. The molecule has 0 spiro atoms. The molecule has 2 N–H and O–H groups in total. The van der Waals surface area contributed by atoms with Crippen LogP contribution in [0.2, 0.25) is 10.0 Å². The summed E-state index contributed by atoms with van der Waals surface area (Å²) in [6.07, 6.45) is 0. The number of ether oxygens (including phenoxy) is 1. The van der Waals surface area contributed by atoms with Crippen LogP contribution in [-0.2, 0) is 4.79 Å².